The largest absolute Gasteiger partial charge is 0.508 e. The van der Waals surface area contributed by atoms with Crippen molar-refractivity contribution in [3.63, 3.8) is 0 Å². The first-order valence-electron chi connectivity index (χ1n) is 11.8. The predicted molar refractivity (Wildman–Crippen MR) is 145 cm³/mol. The highest BCUT2D eigenvalue weighted by Crippen LogP contribution is 2.26. The van der Waals surface area contributed by atoms with Crippen LogP contribution in [0.2, 0.25) is 0 Å². The van der Waals surface area contributed by atoms with Gasteiger partial charge in [-0.25, -0.2) is 0 Å². The van der Waals surface area contributed by atoms with E-state index < -0.39 is 18.5 Å². The lowest BCUT2D eigenvalue weighted by Gasteiger charge is -2.20. The summed E-state index contributed by atoms with van der Waals surface area (Å²) in [6.45, 7) is 4.69. The molecule has 6 N–H and O–H groups in total. The summed E-state index contributed by atoms with van der Waals surface area (Å²) in [6, 6.07) is 13.6. The lowest BCUT2D eigenvalue weighted by atomic mass is 10.0. The van der Waals surface area contributed by atoms with Crippen LogP contribution >= 0.6 is 0 Å². The molecule has 2 rings (SSSR count). The van der Waals surface area contributed by atoms with Gasteiger partial charge in [-0.2, -0.15) is 0 Å². The molecule has 0 saturated carbocycles. The number of phenolic OH excluding ortho intramolecular Hbond substituents is 2. The van der Waals surface area contributed by atoms with Gasteiger partial charge < -0.3 is 45.3 Å². The van der Waals surface area contributed by atoms with Gasteiger partial charge in [0.1, 0.15) is 23.7 Å². The van der Waals surface area contributed by atoms with Crippen LogP contribution in [0.4, 0.5) is 0 Å². The van der Waals surface area contributed by atoms with Crippen molar-refractivity contribution in [2.45, 2.75) is 51.8 Å². The zero-order valence-corrected chi connectivity index (χ0v) is 23.5. The van der Waals surface area contributed by atoms with E-state index in [4.69, 9.17) is 14.2 Å². The molecule has 11 heteroatoms. The summed E-state index contributed by atoms with van der Waals surface area (Å²) in [5.74, 6) is 0.274. The van der Waals surface area contributed by atoms with Crippen LogP contribution in [-0.2, 0) is 30.2 Å². The highest BCUT2D eigenvalue weighted by molar-refractivity contribution is 5.72. The number of carbonyl (C=O) groups excluding carboxylic acids is 2. The number of para-hydroxylation sites is 2. The molecular weight excluding hydrogens is 496 g/mol. The van der Waals surface area contributed by atoms with Gasteiger partial charge in [0.05, 0.1) is 6.10 Å². The molecule has 216 valence electrons. The third kappa shape index (κ3) is 16.5. The van der Waals surface area contributed by atoms with E-state index in [2.05, 4.69) is 10.6 Å². The molecule has 11 nitrogen and oxygen atoms in total. The molecule has 0 spiro atoms. The summed E-state index contributed by atoms with van der Waals surface area (Å²) in [5, 5.41) is 43.1. The maximum atomic E-state index is 9.73. The van der Waals surface area contributed by atoms with Gasteiger partial charge in [0.2, 0.25) is 11.8 Å². The zero-order valence-electron chi connectivity index (χ0n) is 23.5. The monoisotopic (exact) mass is 540 g/mol. The molecule has 0 fully saturated rings. The molecular formula is C27H44N2O9. The number of phenols is 2. The summed E-state index contributed by atoms with van der Waals surface area (Å²) >= 11 is 0. The van der Waals surface area contributed by atoms with E-state index in [1.807, 2.05) is 0 Å². The summed E-state index contributed by atoms with van der Waals surface area (Å²) in [4.78, 5) is 19.4. The van der Waals surface area contributed by atoms with Crippen LogP contribution in [0.1, 0.15) is 38.0 Å². The van der Waals surface area contributed by atoms with Crippen LogP contribution in [0.3, 0.4) is 0 Å². The van der Waals surface area contributed by atoms with Crippen molar-refractivity contribution in [1.29, 1.82) is 0 Å². The molecule has 2 amide bonds. The number of hydrogen-bond acceptors (Lipinski definition) is 9. The Morgan fingerprint density at radius 3 is 1.58 bits per heavy atom. The van der Waals surface area contributed by atoms with Gasteiger partial charge in [-0.1, -0.05) is 36.4 Å². The number of amides is 2. The van der Waals surface area contributed by atoms with E-state index in [0.29, 0.717) is 17.5 Å². The molecule has 0 aromatic heterocycles. The van der Waals surface area contributed by atoms with E-state index in [0.717, 1.165) is 0 Å². The summed E-state index contributed by atoms with van der Waals surface area (Å²) in [6.07, 6.45) is -2.30. The first-order valence-corrected chi connectivity index (χ1v) is 11.8. The number of aliphatic hydroxyl groups is 2. The summed E-state index contributed by atoms with van der Waals surface area (Å²) in [7, 11) is 7.64. The fourth-order valence-corrected chi connectivity index (χ4v) is 2.53. The number of ether oxygens (including phenoxy) is 3. The highest BCUT2D eigenvalue weighted by atomic mass is 16.7. The van der Waals surface area contributed by atoms with Crippen LogP contribution in [0.5, 0.6) is 11.5 Å². The Bertz CT molecular complexity index is 894. The van der Waals surface area contributed by atoms with E-state index in [9.17, 15) is 30.0 Å². The second-order valence-corrected chi connectivity index (χ2v) is 7.80. The van der Waals surface area contributed by atoms with Crippen molar-refractivity contribution in [2.75, 3.05) is 35.4 Å². The van der Waals surface area contributed by atoms with E-state index in [-0.39, 0.29) is 29.4 Å². The van der Waals surface area contributed by atoms with Crippen molar-refractivity contribution >= 4 is 11.8 Å². The standard InChI is InChI=1S/C11H16O4.C10H14O3.2C3H7NO/c1-14-11(15-2)10(13)7-8-5-3-4-6-9(8)12;1-7(13-2)10(12)8-5-3-4-6-9(8)11;2*1-3(5)4-2/h3-6,10-13H,7H2,1-2H3;3-7,10-12H,1-2H3;2*1-2H3,(H,4,5). The molecule has 0 radical (unpaired) electrons. The van der Waals surface area contributed by atoms with Gasteiger partial charge >= 0.3 is 0 Å². The summed E-state index contributed by atoms with van der Waals surface area (Å²) in [5.41, 5.74) is 1.17. The molecule has 0 bridgehead atoms. The Morgan fingerprint density at radius 2 is 1.21 bits per heavy atom. The smallest absolute Gasteiger partial charge is 0.216 e. The van der Waals surface area contributed by atoms with Crippen molar-refractivity contribution in [3.05, 3.63) is 59.7 Å². The number of rotatable bonds is 8. The SMILES string of the molecule is CNC(C)=O.CNC(C)=O.COC(C)C(O)c1ccccc1O.COC(OC)C(O)Cc1ccccc1O. The Balaban J connectivity index is 0. The number of benzene rings is 2. The minimum Gasteiger partial charge on any atom is -0.508 e. The van der Waals surface area contributed by atoms with Gasteiger partial charge in [0.15, 0.2) is 6.29 Å². The molecule has 3 atom stereocenters. The molecule has 3 unspecified atom stereocenters. The number of aromatic hydroxyl groups is 2. The highest BCUT2D eigenvalue weighted by Gasteiger charge is 2.19. The van der Waals surface area contributed by atoms with Crippen LogP contribution in [0.15, 0.2) is 48.5 Å². The van der Waals surface area contributed by atoms with E-state index in [1.54, 1.807) is 69.6 Å². The normalized spacial score (nSPS) is 12.2. The molecule has 2 aromatic rings. The zero-order chi connectivity index (χ0) is 29.7. The minimum atomic E-state index is -0.798. The molecule has 0 aliphatic heterocycles. The van der Waals surface area contributed by atoms with Crippen LogP contribution in [0, 0.1) is 0 Å². The number of nitrogens with one attached hydrogen (secondary N) is 2. The third-order valence-electron chi connectivity index (χ3n) is 4.98. The van der Waals surface area contributed by atoms with Gasteiger partial charge in [0.25, 0.3) is 0 Å². The molecule has 0 aliphatic rings. The lowest BCUT2D eigenvalue weighted by Crippen LogP contribution is -2.31. The number of aliphatic hydroxyl groups excluding tert-OH is 2. The van der Waals surface area contributed by atoms with E-state index >= 15 is 0 Å². The second kappa shape index (κ2) is 21.8. The average molecular weight is 541 g/mol. The third-order valence-corrected chi connectivity index (χ3v) is 4.98. The number of carbonyl (C=O) groups is 2. The Morgan fingerprint density at radius 1 is 0.789 bits per heavy atom. The molecule has 0 heterocycles. The van der Waals surface area contributed by atoms with Crippen LogP contribution in [-0.4, -0.2) is 86.2 Å². The first kappa shape index (κ1) is 36.9. The maximum absolute atomic E-state index is 9.73. The van der Waals surface area contributed by atoms with Crippen molar-refractivity contribution in [3.8, 4) is 11.5 Å². The lowest BCUT2D eigenvalue weighted by molar-refractivity contribution is -0.163. The van der Waals surface area contributed by atoms with Crippen LogP contribution < -0.4 is 10.6 Å². The van der Waals surface area contributed by atoms with Gasteiger partial charge in [-0.15, -0.1) is 0 Å². The Kier molecular flexibility index (Phi) is 21.2. The van der Waals surface area contributed by atoms with Crippen molar-refractivity contribution < 1.29 is 44.2 Å². The fourth-order valence-electron chi connectivity index (χ4n) is 2.53. The van der Waals surface area contributed by atoms with E-state index in [1.165, 1.54) is 35.2 Å². The van der Waals surface area contributed by atoms with Crippen LogP contribution in [0.25, 0.3) is 0 Å². The molecule has 2 aromatic carbocycles. The van der Waals surface area contributed by atoms with Gasteiger partial charge in [-0.05, 0) is 24.6 Å². The Hall–Kier alpha value is -3.22. The summed E-state index contributed by atoms with van der Waals surface area (Å²) < 4.78 is 14.8. The fraction of sp³-hybridized carbons (Fsp3) is 0.481. The van der Waals surface area contributed by atoms with Gasteiger partial charge in [0, 0.05) is 61.3 Å². The first-order chi connectivity index (χ1) is 17.9. The average Bonchev–Trinajstić information content (AvgIpc) is 2.91. The number of hydrogen-bond donors (Lipinski definition) is 6. The van der Waals surface area contributed by atoms with Crippen molar-refractivity contribution in [2.24, 2.45) is 0 Å². The molecule has 0 saturated heterocycles. The predicted octanol–water partition coefficient (Wildman–Crippen LogP) is 1.88. The topological polar surface area (TPSA) is 167 Å². The molecule has 38 heavy (non-hydrogen) atoms. The van der Waals surface area contributed by atoms with Crippen molar-refractivity contribution in [1.82, 2.24) is 10.6 Å². The van der Waals surface area contributed by atoms with Gasteiger partial charge in [-0.3, -0.25) is 9.59 Å². The quantitative estimate of drug-likeness (QED) is 0.274. The number of methoxy groups -OCH3 is 3. The maximum Gasteiger partial charge on any atom is 0.216 e. The molecule has 0 aliphatic carbocycles. The Labute approximate surface area is 225 Å². The second-order valence-electron chi connectivity index (χ2n) is 7.80. The minimum absolute atomic E-state index is 0.00463.